The summed E-state index contributed by atoms with van der Waals surface area (Å²) in [6.07, 6.45) is 1.98. The molecular weight excluding hydrogens is 249 g/mol. The summed E-state index contributed by atoms with van der Waals surface area (Å²) < 4.78 is 24.1. The van der Waals surface area contributed by atoms with Crippen LogP contribution in [0.25, 0.3) is 0 Å². The fourth-order valence-electron chi connectivity index (χ4n) is 3.33. The second-order valence-electron chi connectivity index (χ2n) is 6.67. The highest BCUT2D eigenvalue weighted by Crippen LogP contribution is 2.51. The molecule has 108 valence electrons. The van der Waals surface area contributed by atoms with Gasteiger partial charge in [0.15, 0.2) is 0 Å². The molecule has 0 unspecified atom stereocenters. The van der Waals surface area contributed by atoms with Gasteiger partial charge in [0.25, 0.3) is 0 Å². The van der Waals surface area contributed by atoms with Crippen LogP contribution in [0.1, 0.15) is 33.1 Å². The van der Waals surface area contributed by atoms with Gasteiger partial charge in [-0.15, -0.1) is 0 Å². The second kappa shape index (κ2) is 4.42. The molecule has 3 aliphatic rings. The summed E-state index contributed by atoms with van der Waals surface area (Å²) in [4.78, 5) is 14.7. The third-order valence-corrected chi connectivity index (χ3v) is 4.56. The van der Waals surface area contributed by atoms with Gasteiger partial charge in [-0.3, -0.25) is 9.18 Å². The van der Waals surface area contributed by atoms with Crippen molar-refractivity contribution in [3.05, 3.63) is 0 Å². The van der Waals surface area contributed by atoms with Crippen molar-refractivity contribution >= 4 is 5.91 Å². The number of rotatable bonds is 3. The number of amides is 1. The number of halogens is 1. The van der Waals surface area contributed by atoms with Gasteiger partial charge in [0.05, 0.1) is 36.9 Å². The van der Waals surface area contributed by atoms with Gasteiger partial charge in [0, 0.05) is 6.54 Å². The minimum Gasteiger partial charge on any atom is -0.376 e. The van der Waals surface area contributed by atoms with Gasteiger partial charge in [-0.1, -0.05) is 0 Å². The Hall–Kier alpha value is -0.680. The zero-order valence-electron chi connectivity index (χ0n) is 11.7. The van der Waals surface area contributed by atoms with Crippen molar-refractivity contribution in [2.45, 2.75) is 50.9 Å². The normalized spacial score (nSPS) is 35.0. The summed E-state index contributed by atoms with van der Waals surface area (Å²) >= 11 is 0. The minimum atomic E-state index is -0.421. The largest absolute Gasteiger partial charge is 0.376 e. The van der Waals surface area contributed by atoms with E-state index in [9.17, 15) is 9.18 Å². The van der Waals surface area contributed by atoms with Crippen molar-refractivity contribution < 1.29 is 18.7 Å². The molecule has 0 N–H and O–H groups in total. The maximum absolute atomic E-state index is 12.8. The molecular formula is C14H22FNO3. The lowest BCUT2D eigenvalue weighted by Crippen LogP contribution is -2.61. The molecule has 4 nitrogen and oxygen atoms in total. The second-order valence-corrected chi connectivity index (χ2v) is 6.67. The molecule has 19 heavy (non-hydrogen) atoms. The Bertz CT molecular complexity index is 381. The summed E-state index contributed by atoms with van der Waals surface area (Å²) in [6.45, 7) is 5.24. The monoisotopic (exact) mass is 271 g/mol. The number of nitrogens with zero attached hydrogens (tertiary/aromatic N) is 1. The van der Waals surface area contributed by atoms with Crippen molar-refractivity contribution in [2.24, 2.45) is 5.41 Å². The van der Waals surface area contributed by atoms with Crippen LogP contribution in [0.15, 0.2) is 0 Å². The summed E-state index contributed by atoms with van der Waals surface area (Å²) in [5.74, 6) is 0.113. The lowest BCUT2D eigenvalue weighted by Gasteiger charge is -2.46. The van der Waals surface area contributed by atoms with Crippen molar-refractivity contribution in [1.29, 1.82) is 0 Å². The van der Waals surface area contributed by atoms with E-state index in [1.54, 1.807) is 0 Å². The summed E-state index contributed by atoms with van der Waals surface area (Å²) in [7, 11) is 0. The maximum Gasteiger partial charge on any atom is 0.229 e. The van der Waals surface area contributed by atoms with E-state index in [0.717, 1.165) is 12.8 Å². The van der Waals surface area contributed by atoms with Crippen LogP contribution in [0.5, 0.6) is 0 Å². The number of ether oxygens (including phenoxy) is 2. The Morgan fingerprint density at radius 1 is 1.37 bits per heavy atom. The van der Waals surface area contributed by atoms with Crippen LogP contribution >= 0.6 is 0 Å². The third kappa shape index (κ3) is 2.27. The van der Waals surface area contributed by atoms with Crippen LogP contribution in [0.2, 0.25) is 0 Å². The van der Waals surface area contributed by atoms with Crippen molar-refractivity contribution in [3.63, 3.8) is 0 Å². The zero-order valence-corrected chi connectivity index (χ0v) is 11.7. The molecule has 2 atom stereocenters. The molecule has 0 aromatic heterocycles. The fraction of sp³-hybridized carbons (Fsp3) is 0.929. The highest BCUT2D eigenvalue weighted by molar-refractivity contribution is 5.86. The molecule has 3 fully saturated rings. The third-order valence-electron chi connectivity index (χ3n) is 4.56. The number of alkyl halides is 1. The van der Waals surface area contributed by atoms with E-state index < -0.39 is 12.1 Å². The Labute approximate surface area is 113 Å². The lowest BCUT2D eigenvalue weighted by molar-refractivity contribution is -0.173. The zero-order chi connectivity index (χ0) is 13.7. The standard InChI is InChI=1S/C14H22FNO3/c1-13(2)9-16(10-7-18-8-11(10)19-13)12(17)14(3-4-14)5-6-15/h10-11H,3-9H2,1-2H3/t10-,11-/m1/s1. The number of fused-ring (bicyclic) bond motifs is 1. The first-order valence-electron chi connectivity index (χ1n) is 7.10. The van der Waals surface area contributed by atoms with Crippen LogP contribution in [0, 0.1) is 5.41 Å². The molecule has 3 rings (SSSR count). The number of carbonyl (C=O) groups excluding carboxylic acids is 1. The number of morpholine rings is 1. The van der Waals surface area contributed by atoms with E-state index >= 15 is 0 Å². The Balaban J connectivity index is 1.80. The molecule has 0 aromatic carbocycles. The molecule has 0 bridgehead atoms. The van der Waals surface area contributed by atoms with E-state index in [1.165, 1.54) is 0 Å². The Morgan fingerprint density at radius 2 is 2.11 bits per heavy atom. The average molecular weight is 271 g/mol. The first-order valence-corrected chi connectivity index (χ1v) is 7.10. The predicted octanol–water partition coefficient (Wildman–Crippen LogP) is 1.53. The van der Waals surface area contributed by atoms with Crippen LogP contribution in [0.3, 0.4) is 0 Å². The van der Waals surface area contributed by atoms with Gasteiger partial charge in [0.2, 0.25) is 5.91 Å². The van der Waals surface area contributed by atoms with Crippen LogP contribution in [-0.2, 0) is 14.3 Å². The van der Waals surface area contributed by atoms with E-state index in [-0.39, 0.29) is 23.7 Å². The number of carbonyl (C=O) groups is 1. The molecule has 2 saturated heterocycles. The molecule has 2 heterocycles. The SMILES string of the molecule is CC1(C)CN(C(=O)C2(CCF)CC2)[C@@H]2COC[C@H]2O1. The molecule has 0 aromatic rings. The Morgan fingerprint density at radius 3 is 2.74 bits per heavy atom. The Kier molecular flexibility index (Phi) is 3.09. The van der Waals surface area contributed by atoms with E-state index in [4.69, 9.17) is 9.47 Å². The highest BCUT2D eigenvalue weighted by Gasteiger charge is 2.55. The topological polar surface area (TPSA) is 38.8 Å². The van der Waals surface area contributed by atoms with E-state index in [1.807, 2.05) is 18.7 Å². The van der Waals surface area contributed by atoms with Crippen molar-refractivity contribution in [3.8, 4) is 0 Å². The number of hydrogen-bond acceptors (Lipinski definition) is 3. The van der Waals surface area contributed by atoms with Crippen molar-refractivity contribution in [1.82, 2.24) is 4.90 Å². The number of hydrogen-bond donors (Lipinski definition) is 0. The lowest BCUT2D eigenvalue weighted by atomic mass is 9.95. The first-order chi connectivity index (χ1) is 8.97. The molecule has 1 amide bonds. The molecule has 0 radical (unpaired) electrons. The minimum absolute atomic E-state index is 0.0117. The summed E-state index contributed by atoms with van der Waals surface area (Å²) in [5, 5.41) is 0. The van der Waals surface area contributed by atoms with Gasteiger partial charge in [-0.2, -0.15) is 0 Å². The summed E-state index contributed by atoms with van der Waals surface area (Å²) in [5.41, 5.74) is -0.772. The van der Waals surface area contributed by atoms with E-state index in [2.05, 4.69) is 0 Å². The maximum atomic E-state index is 12.8. The quantitative estimate of drug-likeness (QED) is 0.781. The van der Waals surface area contributed by atoms with Gasteiger partial charge in [-0.05, 0) is 33.1 Å². The molecule has 2 aliphatic heterocycles. The van der Waals surface area contributed by atoms with Crippen LogP contribution < -0.4 is 0 Å². The predicted molar refractivity (Wildman–Crippen MR) is 67.5 cm³/mol. The van der Waals surface area contributed by atoms with Crippen LogP contribution in [-0.4, -0.2) is 55.0 Å². The molecule has 5 heteroatoms. The molecule has 1 aliphatic carbocycles. The van der Waals surface area contributed by atoms with Gasteiger partial charge >= 0.3 is 0 Å². The van der Waals surface area contributed by atoms with Gasteiger partial charge < -0.3 is 14.4 Å². The van der Waals surface area contributed by atoms with Crippen molar-refractivity contribution in [2.75, 3.05) is 26.4 Å². The molecule has 1 saturated carbocycles. The first kappa shape index (κ1) is 13.3. The van der Waals surface area contributed by atoms with Gasteiger partial charge in [-0.25, -0.2) is 0 Å². The van der Waals surface area contributed by atoms with Gasteiger partial charge in [0.1, 0.15) is 6.10 Å². The van der Waals surface area contributed by atoms with E-state index in [0.29, 0.717) is 26.2 Å². The average Bonchev–Trinajstić information content (AvgIpc) is 2.97. The smallest absolute Gasteiger partial charge is 0.229 e. The molecule has 0 spiro atoms. The highest BCUT2D eigenvalue weighted by atomic mass is 19.1. The fourth-order valence-corrected chi connectivity index (χ4v) is 3.33. The summed E-state index contributed by atoms with van der Waals surface area (Å²) in [6, 6.07) is 0.0117. The van der Waals surface area contributed by atoms with Crippen LogP contribution in [0.4, 0.5) is 4.39 Å².